The van der Waals surface area contributed by atoms with E-state index in [9.17, 15) is 9.90 Å². The van der Waals surface area contributed by atoms with Gasteiger partial charge in [-0.3, -0.25) is 4.79 Å². The van der Waals surface area contributed by atoms with Gasteiger partial charge in [-0.25, -0.2) is 19.6 Å². The lowest BCUT2D eigenvalue weighted by molar-refractivity contribution is -0.382. The molecule has 0 amide bonds. The molecule has 0 aromatic heterocycles. The molecule has 0 saturated carbocycles. The molecule has 0 spiro atoms. The Bertz CT molecular complexity index is 410. The van der Waals surface area contributed by atoms with Crippen molar-refractivity contribution in [3.8, 4) is 0 Å². The van der Waals surface area contributed by atoms with Gasteiger partial charge in [-0.1, -0.05) is 39.5 Å². The summed E-state index contributed by atoms with van der Waals surface area (Å²) in [5.41, 5.74) is -0.873. The summed E-state index contributed by atoms with van der Waals surface area (Å²) < 4.78 is 0. The second kappa shape index (κ2) is 13.5. The Hall–Kier alpha value is -0.690. The molecule has 0 rings (SSSR count). The van der Waals surface area contributed by atoms with Gasteiger partial charge in [0.15, 0.2) is 0 Å². The first-order valence-electron chi connectivity index (χ1n) is 10.8. The fourth-order valence-corrected chi connectivity index (χ4v) is 2.84. The zero-order chi connectivity index (χ0) is 21.8. The summed E-state index contributed by atoms with van der Waals surface area (Å²) in [6, 6.07) is 0. The SMILES string of the molecule is CCCCC(CC)CC(C(=O)O)C(CCCOOC(C)(C)C)OOC(C)(C)C. The number of carboxylic acids is 1. The Morgan fingerprint density at radius 1 is 0.929 bits per heavy atom. The van der Waals surface area contributed by atoms with E-state index < -0.39 is 23.6 Å². The molecule has 6 heteroatoms. The van der Waals surface area contributed by atoms with Crippen molar-refractivity contribution in [2.45, 2.75) is 118 Å². The average Bonchev–Trinajstić information content (AvgIpc) is 2.56. The van der Waals surface area contributed by atoms with E-state index in [2.05, 4.69) is 13.8 Å². The molecule has 6 nitrogen and oxygen atoms in total. The van der Waals surface area contributed by atoms with Crippen LogP contribution in [0.3, 0.4) is 0 Å². The Morgan fingerprint density at radius 2 is 1.54 bits per heavy atom. The topological polar surface area (TPSA) is 74.2 Å². The van der Waals surface area contributed by atoms with E-state index in [1.54, 1.807) is 0 Å². The fraction of sp³-hybridized carbons (Fsp3) is 0.955. The van der Waals surface area contributed by atoms with Crippen LogP contribution in [0.2, 0.25) is 0 Å². The van der Waals surface area contributed by atoms with E-state index in [4.69, 9.17) is 19.6 Å². The van der Waals surface area contributed by atoms with E-state index >= 15 is 0 Å². The first kappa shape index (κ1) is 27.3. The minimum Gasteiger partial charge on any atom is -0.481 e. The van der Waals surface area contributed by atoms with Crippen LogP contribution in [0, 0.1) is 11.8 Å². The second-order valence-electron chi connectivity index (χ2n) is 9.59. The van der Waals surface area contributed by atoms with Crippen LogP contribution in [0.5, 0.6) is 0 Å². The van der Waals surface area contributed by atoms with E-state index in [0.717, 1.165) is 25.7 Å². The van der Waals surface area contributed by atoms with Crippen LogP contribution in [-0.2, 0) is 24.3 Å². The summed E-state index contributed by atoms with van der Waals surface area (Å²) in [5, 5.41) is 9.86. The van der Waals surface area contributed by atoms with Gasteiger partial charge in [0.1, 0.15) is 6.10 Å². The van der Waals surface area contributed by atoms with E-state index in [0.29, 0.717) is 31.8 Å². The molecule has 28 heavy (non-hydrogen) atoms. The number of rotatable bonds is 15. The van der Waals surface area contributed by atoms with Gasteiger partial charge in [-0.2, -0.15) is 0 Å². The van der Waals surface area contributed by atoms with Crippen LogP contribution in [0.1, 0.15) is 100 Å². The van der Waals surface area contributed by atoms with Crippen molar-refractivity contribution in [1.82, 2.24) is 0 Å². The summed E-state index contributed by atoms with van der Waals surface area (Å²) in [6.45, 7) is 16.1. The van der Waals surface area contributed by atoms with Gasteiger partial charge >= 0.3 is 5.97 Å². The van der Waals surface area contributed by atoms with Gasteiger partial charge in [-0.15, -0.1) is 0 Å². The molecule has 3 atom stereocenters. The van der Waals surface area contributed by atoms with Gasteiger partial charge in [-0.05, 0) is 66.7 Å². The maximum absolute atomic E-state index is 12.0. The summed E-state index contributed by atoms with van der Waals surface area (Å²) >= 11 is 0. The molecule has 168 valence electrons. The third kappa shape index (κ3) is 14.3. The first-order valence-corrected chi connectivity index (χ1v) is 10.8. The molecule has 0 heterocycles. The van der Waals surface area contributed by atoms with Gasteiger partial charge in [0.2, 0.25) is 0 Å². The standard InChI is InChI=1S/C22H44O6/c1-9-11-13-17(10-2)16-18(20(23)24)19(26-28-22(6,7)8)14-12-15-25-27-21(3,4)5/h17-19H,9-16H2,1-8H3,(H,23,24). The summed E-state index contributed by atoms with van der Waals surface area (Å²) in [4.78, 5) is 33.7. The zero-order valence-corrected chi connectivity index (χ0v) is 19.4. The normalized spacial score (nSPS) is 16.0. The van der Waals surface area contributed by atoms with Crippen molar-refractivity contribution in [1.29, 1.82) is 0 Å². The zero-order valence-electron chi connectivity index (χ0n) is 19.4. The molecular formula is C22H44O6. The fourth-order valence-electron chi connectivity index (χ4n) is 2.84. The third-order valence-corrected chi connectivity index (χ3v) is 4.34. The largest absolute Gasteiger partial charge is 0.481 e. The molecule has 0 saturated heterocycles. The minimum absolute atomic E-state index is 0.373. The van der Waals surface area contributed by atoms with E-state index in [1.807, 2.05) is 41.5 Å². The van der Waals surface area contributed by atoms with Crippen molar-refractivity contribution >= 4 is 5.97 Å². The van der Waals surface area contributed by atoms with Crippen molar-refractivity contribution in [2.24, 2.45) is 11.8 Å². The molecule has 0 aliphatic heterocycles. The van der Waals surface area contributed by atoms with Crippen molar-refractivity contribution in [2.75, 3.05) is 6.61 Å². The number of hydrogen-bond acceptors (Lipinski definition) is 5. The average molecular weight is 405 g/mol. The predicted octanol–water partition coefficient (Wildman–Crippen LogP) is 5.94. The van der Waals surface area contributed by atoms with Crippen molar-refractivity contribution in [3.05, 3.63) is 0 Å². The van der Waals surface area contributed by atoms with Crippen molar-refractivity contribution in [3.63, 3.8) is 0 Å². The van der Waals surface area contributed by atoms with Crippen LogP contribution in [0.25, 0.3) is 0 Å². The van der Waals surface area contributed by atoms with Crippen LogP contribution in [-0.4, -0.2) is 35.0 Å². The Morgan fingerprint density at radius 3 is 2.00 bits per heavy atom. The number of hydrogen-bond donors (Lipinski definition) is 1. The lowest BCUT2D eigenvalue weighted by Crippen LogP contribution is -2.35. The highest BCUT2D eigenvalue weighted by atomic mass is 17.2. The molecule has 0 aliphatic rings. The van der Waals surface area contributed by atoms with Gasteiger partial charge < -0.3 is 5.11 Å². The third-order valence-electron chi connectivity index (χ3n) is 4.34. The molecular weight excluding hydrogens is 360 g/mol. The maximum Gasteiger partial charge on any atom is 0.309 e. The molecule has 0 aliphatic carbocycles. The smallest absolute Gasteiger partial charge is 0.309 e. The van der Waals surface area contributed by atoms with Crippen LogP contribution in [0.4, 0.5) is 0 Å². The number of carboxylic acid groups (broad SMARTS) is 1. The van der Waals surface area contributed by atoms with Crippen LogP contribution < -0.4 is 0 Å². The highest BCUT2D eigenvalue weighted by molar-refractivity contribution is 5.70. The highest BCUT2D eigenvalue weighted by Crippen LogP contribution is 2.28. The van der Waals surface area contributed by atoms with Crippen molar-refractivity contribution < 1.29 is 29.5 Å². The molecule has 0 aromatic rings. The van der Waals surface area contributed by atoms with E-state index in [1.165, 1.54) is 0 Å². The minimum atomic E-state index is -0.829. The molecule has 0 bridgehead atoms. The summed E-state index contributed by atoms with van der Waals surface area (Å²) in [6.07, 6.45) is 5.49. The Labute approximate surface area is 172 Å². The Balaban J connectivity index is 4.94. The van der Waals surface area contributed by atoms with E-state index in [-0.39, 0.29) is 5.60 Å². The highest BCUT2D eigenvalue weighted by Gasteiger charge is 2.33. The molecule has 1 N–H and O–H groups in total. The molecule has 0 fully saturated rings. The van der Waals surface area contributed by atoms with Gasteiger partial charge in [0.05, 0.1) is 23.7 Å². The Kier molecular flexibility index (Phi) is 13.2. The summed E-state index contributed by atoms with van der Waals surface area (Å²) in [7, 11) is 0. The van der Waals surface area contributed by atoms with Crippen LogP contribution >= 0.6 is 0 Å². The number of carbonyl (C=O) groups is 1. The summed E-state index contributed by atoms with van der Waals surface area (Å²) in [5.74, 6) is -1.06. The van der Waals surface area contributed by atoms with Crippen LogP contribution in [0.15, 0.2) is 0 Å². The molecule has 0 radical (unpaired) electrons. The predicted molar refractivity (Wildman–Crippen MR) is 111 cm³/mol. The molecule has 3 unspecified atom stereocenters. The number of unbranched alkanes of at least 4 members (excludes halogenated alkanes) is 1. The monoisotopic (exact) mass is 404 g/mol. The first-order chi connectivity index (χ1) is 12.9. The lowest BCUT2D eigenvalue weighted by Gasteiger charge is -2.29. The van der Waals surface area contributed by atoms with Gasteiger partial charge in [0, 0.05) is 0 Å². The van der Waals surface area contributed by atoms with Gasteiger partial charge in [0.25, 0.3) is 0 Å². The second-order valence-corrected chi connectivity index (χ2v) is 9.59. The lowest BCUT2D eigenvalue weighted by atomic mass is 9.84. The maximum atomic E-state index is 12.0. The molecule has 0 aromatic carbocycles. The quantitative estimate of drug-likeness (QED) is 0.207. The number of aliphatic carboxylic acids is 1.